The minimum atomic E-state index is -0.324. The molecule has 2 aliphatic heterocycles. The summed E-state index contributed by atoms with van der Waals surface area (Å²) in [5, 5.41) is 0.772. The van der Waals surface area contributed by atoms with Crippen molar-refractivity contribution >= 4 is 23.5 Å². The second-order valence-electron chi connectivity index (χ2n) is 6.72. The molecule has 0 saturated carbocycles. The lowest BCUT2D eigenvalue weighted by molar-refractivity contribution is -0.143. The molecule has 1 amide bonds. The van der Waals surface area contributed by atoms with Crippen molar-refractivity contribution in [3.05, 3.63) is 34.9 Å². The Bertz CT molecular complexity index is 608. The SMILES string of the molecule is COC(=O)CCC(=O)N1C[C@H]2CN(Cc3cccc(Cl)c3)C[C@@H]2C1. The molecule has 2 aliphatic rings. The summed E-state index contributed by atoms with van der Waals surface area (Å²) in [6.45, 7) is 4.53. The molecule has 3 rings (SSSR count). The van der Waals surface area contributed by atoms with Gasteiger partial charge in [-0.05, 0) is 29.5 Å². The van der Waals surface area contributed by atoms with Crippen LogP contribution in [0.2, 0.25) is 5.02 Å². The normalized spacial score (nSPS) is 23.3. The van der Waals surface area contributed by atoms with E-state index in [0.29, 0.717) is 11.8 Å². The van der Waals surface area contributed by atoms with Crippen LogP contribution in [-0.2, 0) is 20.9 Å². The molecule has 0 bridgehead atoms. The molecule has 0 unspecified atom stereocenters. The van der Waals surface area contributed by atoms with Gasteiger partial charge in [-0.2, -0.15) is 0 Å². The van der Waals surface area contributed by atoms with Gasteiger partial charge in [0.1, 0.15) is 0 Å². The third-order valence-corrected chi connectivity index (χ3v) is 5.22. The minimum Gasteiger partial charge on any atom is -0.469 e. The van der Waals surface area contributed by atoms with Gasteiger partial charge in [0.15, 0.2) is 0 Å². The van der Waals surface area contributed by atoms with Gasteiger partial charge in [0.25, 0.3) is 0 Å². The highest BCUT2D eigenvalue weighted by Gasteiger charge is 2.41. The molecule has 2 saturated heterocycles. The van der Waals surface area contributed by atoms with Crippen LogP contribution in [0.3, 0.4) is 0 Å². The highest BCUT2D eigenvalue weighted by atomic mass is 35.5. The predicted octanol–water partition coefficient (Wildman–Crippen LogP) is 2.18. The van der Waals surface area contributed by atoms with Gasteiger partial charge in [-0.1, -0.05) is 23.7 Å². The second-order valence-corrected chi connectivity index (χ2v) is 7.16. The summed E-state index contributed by atoms with van der Waals surface area (Å²) in [7, 11) is 1.35. The number of carbonyl (C=O) groups is 2. The average Bonchev–Trinajstić information content (AvgIpc) is 3.10. The Kier molecular flexibility index (Phi) is 5.41. The topological polar surface area (TPSA) is 49.9 Å². The lowest BCUT2D eigenvalue weighted by atomic mass is 10.0. The van der Waals surface area contributed by atoms with Crippen LogP contribution >= 0.6 is 11.6 Å². The van der Waals surface area contributed by atoms with E-state index in [1.54, 1.807) is 0 Å². The zero-order chi connectivity index (χ0) is 17.1. The number of hydrogen-bond donors (Lipinski definition) is 0. The lowest BCUT2D eigenvalue weighted by Gasteiger charge is -2.21. The maximum atomic E-state index is 12.2. The van der Waals surface area contributed by atoms with Crippen molar-refractivity contribution < 1.29 is 14.3 Å². The van der Waals surface area contributed by atoms with Gasteiger partial charge in [-0.3, -0.25) is 14.5 Å². The van der Waals surface area contributed by atoms with Crippen molar-refractivity contribution in [2.75, 3.05) is 33.3 Å². The van der Waals surface area contributed by atoms with E-state index in [1.807, 2.05) is 23.1 Å². The highest BCUT2D eigenvalue weighted by Crippen LogP contribution is 2.32. The molecule has 0 aliphatic carbocycles. The molecule has 0 N–H and O–H groups in total. The molecular weight excluding hydrogens is 328 g/mol. The Hall–Kier alpha value is -1.59. The number of esters is 1. The van der Waals surface area contributed by atoms with Crippen molar-refractivity contribution in [2.45, 2.75) is 19.4 Å². The molecular formula is C18H23ClN2O3. The summed E-state index contributed by atoms with van der Waals surface area (Å²) in [4.78, 5) is 27.7. The molecule has 0 radical (unpaired) electrons. The van der Waals surface area contributed by atoms with E-state index in [2.05, 4.69) is 15.7 Å². The lowest BCUT2D eigenvalue weighted by Crippen LogP contribution is -2.33. The Morgan fingerprint density at radius 1 is 1.17 bits per heavy atom. The first-order chi connectivity index (χ1) is 11.5. The zero-order valence-corrected chi connectivity index (χ0v) is 14.7. The molecule has 24 heavy (non-hydrogen) atoms. The van der Waals surface area contributed by atoms with Gasteiger partial charge in [0, 0.05) is 44.2 Å². The third kappa shape index (κ3) is 4.08. The number of fused-ring (bicyclic) bond motifs is 1. The summed E-state index contributed by atoms with van der Waals surface area (Å²) in [6, 6.07) is 7.98. The number of nitrogens with zero attached hydrogens (tertiary/aromatic N) is 2. The Balaban J connectivity index is 1.47. The monoisotopic (exact) mass is 350 g/mol. The van der Waals surface area contributed by atoms with Crippen LogP contribution in [0.25, 0.3) is 0 Å². The quantitative estimate of drug-likeness (QED) is 0.764. The van der Waals surface area contributed by atoms with Gasteiger partial charge in [-0.25, -0.2) is 0 Å². The molecule has 2 heterocycles. The van der Waals surface area contributed by atoms with Crippen LogP contribution in [0.15, 0.2) is 24.3 Å². The first-order valence-electron chi connectivity index (χ1n) is 8.36. The van der Waals surface area contributed by atoms with Gasteiger partial charge in [-0.15, -0.1) is 0 Å². The van der Waals surface area contributed by atoms with Crippen LogP contribution in [0.1, 0.15) is 18.4 Å². The van der Waals surface area contributed by atoms with E-state index in [-0.39, 0.29) is 24.7 Å². The summed E-state index contributed by atoms with van der Waals surface area (Å²) in [5.74, 6) is 0.809. The Morgan fingerprint density at radius 3 is 2.50 bits per heavy atom. The number of halogens is 1. The molecule has 130 valence electrons. The van der Waals surface area contributed by atoms with E-state index in [9.17, 15) is 9.59 Å². The summed E-state index contributed by atoms with van der Waals surface area (Å²) in [5.41, 5.74) is 1.23. The smallest absolute Gasteiger partial charge is 0.306 e. The van der Waals surface area contributed by atoms with Crippen molar-refractivity contribution in [1.29, 1.82) is 0 Å². The van der Waals surface area contributed by atoms with Gasteiger partial charge in [0.05, 0.1) is 13.5 Å². The fraction of sp³-hybridized carbons (Fsp3) is 0.556. The largest absolute Gasteiger partial charge is 0.469 e. The summed E-state index contributed by atoms with van der Waals surface area (Å²) in [6.07, 6.45) is 0.417. The van der Waals surface area contributed by atoms with Crippen molar-refractivity contribution in [3.63, 3.8) is 0 Å². The first-order valence-corrected chi connectivity index (χ1v) is 8.74. The van der Waals surface area contributed by atoms with E-state index in [1.165, 1.54) is 12.7 Å². The second kappa shape index (κ2) is 7.53. The van der Waals surface area contributed by atoms with Gasteiger partial charge in [0.2, 0.25) is 5.91 Å². The van der Waals surface area contributed by atoms with Crippen LogP contribution < -0.4 is 0 Å². The number of carbonyl (C=O) groups excluding carboxylic acids is 2. The van der Waals surface area contributed by atoms with Crippen molar-refractivity contribution in [2.24, 2.45) is 11.8 Å². The van der Waals surface area contributed by atoms with E-state index < -0.39 is 0 Å². The Labute approximate surface area is 147 Å². The molecule has 6 heteroatoms. The third-order valence-electron chi connectivity index (χ3n) is 4.98. The number of methoxy groups -OCH3 is 1. The number of benzene rings is 1. The Morgan fingerprint density at radius 2 is 1.88 bits per heavy atom. The number of amides is 1. The molecule has 0 aromatic heterocycles. The minimum absolute atomic E-state index is 0.0659. The highest BCUT2D eigenvalue weighted by molar-refractivity contribution is 6.30. The molecule has 0 spiro atoms. The van der Waals surface area contributed by atoms with E-state index in [0.717, 1.165) is 37.7 Å². The predicted molar refractivity (Wildman–Crippen MR) is 91.5 cm³/mol. The molecule has 1 aromatic rings. The maximum Gasteiger partial charge on any atom is 0.306 e. The molecule has 5 nitrogen and oxygen atoms in total. The van der Waals surface area contributed by atoms with Crippen LogP contribution in [0.5, 0.6) is 0 Å². The fourth-order valence-corrected chi connectivity index (χ4v) is 4.00. The number of likely N-dealkylation sites (tertiary alicyclic amines) is 2. The number of hydrogen-bond acceptors (Lipinski definition) is 4. The maximum absolute atomic E-state index is 12.2. The van der Waals surface area contributed by atoms with Crippen LogP contribution in [-0.4, -0.2) is 55.0 Å². The molecule has 2 atom stereocenters. The van der Waals surface area contributed by atoms with Crippen LogP contribution in [0, 0.1) is 11.8 Å². The average molecular weight is 351 g/mol. The van der Waals surface area contributed by atoms with E-state index in [4.69, 9.17) is 11.6 Å². The molecule has 1 aromatic carbocycles. The van der Waals surface area contributed by atoms with E-state index >= 15 is 0 Å². The van der Waals surface area contributed by atoms with Crippen molar-refractivity contribution in [1.82, 2.24) is 9.80 Å². The summed E-state index contributed by atoms with van der Waals surface area (Å²) < 4.78 is 4.59. The van der Waals surface area contributed by atoms with Gasteiger partial charge >= 0.3 is 5.97 Å². The number of ether oxygens (including phenoxy) is 1. The first kappa shape index (κ1) is 17.2. The standard InChI is InChI=1S/C18H23ClN2O3/c1-24-18(23)6-5-17(22)21-11-14-9-20(10-15(14)12-21)8-13-3-2-4-16(19)7-13/h2-4,7,14-15H,5-6,8-12H2,1H3/t14-,15-/m1/s1. The van der Waals surface area contributed by atoms with Crippen molar-refractivity contribution in [3.8, 4) is 0 Å². The number of rotatable bonds is 5. The molecule has 2 fully saturated rings. The van der Waals surface area contributed by atoms with Crippen LogP contribution in [0.4, 0.5) is 0 Å². The van der Waals surface area contributed by atoms with Gasteiger partial charge < -0.3 is 9.64 Å². The zero-order valence-electron chi connectivity index (χ0n) is 13.9. The summed E-state index contributed by atoms with van der Waals surface area (Å²) >= 11 is 6.05. The fourth-order valence-electron chi connectivity index (χ4n) is 3.79.